The van der Waals surface area contributed by atoms with Gasteiger partial charge in [-0.3, -0.25) is 9.47 Å². The fourth-order valence-electron chi connectivity index (χ4n) is 2.73. The molecule has 7 heteroatoms. The summed E-state index contributed by atoms with van der Waals surface area (Å²) in [6.45, 7) is 1.09. The van der Waals surface area contributed by atoms with Crippen LogP contribution in [0.4, 0.5) is 21.7 Å². The molecular weight excluding hydrogens is 313 g/mol. The number of halogens is 1. The molecule has 5 nitrogen and oxygen atoms in total. The first kappa shape index (κ1) is 14.0. The van der Waals surface area contributed by atoms with Gasteiger partial charge in [0, 0.05) is 11.4 Å². The van der Waals surface area contributed by atoms with Gasteiger partial charge in [0.15, 0.2) is 4.77 Å². The third kappa shape index (κ3) is 2.49. The quantitative estimate of drug-likeness (QED) is 0.729. The molecule has 0 radical (unpaired) electrons. The van der Waals surface area contributed by atoms with E-state index in [1.807, 2.05) is 45.9 Å². The Labute approximate surface area is 137 Å². The van der Waals surface area contributed by atoms with Crippen LogP contribution in [-0.4, -0.2) is 21.4 Å². The van der Waals surface area contributed by atoms with E-state index >= 15 is 0 Å². The van der Waals surface area contributed by atoms with E-state index in [4.69, 9.17) is 12.2 Å². The van der Waals surface area contributed by atoms with Crippen molar-refractivity contribution in [1.29, 1.82) is 0 Å². The van der Waals surface area contributed by atoms with Crippen LogP contribution in [-0.2, 0) is 6.67 Å². The van der Waals surface area contributed by atoms with E-state index in [-0.39, 0.29) is 5.82 Å². The summed E-state index contributed by atoms with van der Waals surface area (Å²) in [7, 11) is 0. The zero-order valence-corrected chi connectivity index (χ0v) is 13.0. The first-order valence-corrected chi connectivity index (χ1v) is 7.61. The van der Waals surface area contributed by atoms with Crippen molar-refractivity contribution in [2.45, 2.75) is 6.67 Å². The van der Waals surface area contributed by atoms with Crippen LogP contribution in [0.2, 0.25) is 0 Å². The van der Waals surface area contributed by atoms with Crippen LogP contribution in [0.1, 0.15) is 0 Å². The second kappa shape index (κ2) is 5.51. The SMILES string of the molecule is Fc1cccc(N2CN(c3ccccc3)c3n[nH]c(=S)n3C2)c1. The van der Waals surface area contributed by atoms with Crippen molar-refractivity contribution in [3.63, 3.8) is 0 Å². The number of rotatable bonds is 2. The smallest absolute Gasteiger partial charge is 0.233 e. The highest BCUT2D eigenvalue weighted by molar-refractivity contribution is 7.71. The number of fused-ring (bicyclic) bond motifs is 1. The molecule has 4 rings (SSSR count). The molecule has 0 aliphatic carbocycles. The molecule has 1 aliphatic heterocycles. The molecule has 0 bridgehead atoms. The highest BCUT2D eigenvalue weighted by Gasteiger charge is 2.26. The zero-order chi connectivity index (χ0) is 15.8. The third-order valence-corrected chi connectivity index (χ3v) is 4.16. The lowest BCUT2D eigenvalue weighted by atomic mass is 10.2. The molecule has 0 unspecified atom stereocenters. The van der Waals surface area contributed by atoms with Gasteiger partial charge in [0.2, 0.25) is 5.95 Å². The van der Waals surface area contributed by atoms with Crippen LogP contribution < -0.4 is 9.80 Å². The van der Waals surface area contributed by atoms with Crippen molar-refractivity contribution in [2.75, 3.05) is 16.5 Å². The highest BCUT2D eigenvalue weighted by atomic mass is 32.1. The van der Waals surface area contributed by atoms with E-state index in [1.54, 1.807) is 6.07 Å². The summed E-state index contributed by atoms with van der Waals surface area (Å²) in [4.78, 5) is 4.09. The van der Waals surface area contributed by atoms with E-state index in [0.717, 1.165) is 17.3 Å². The monoisotopic (exact) mass is 327 g/mol. The normalized spacial score (nSPS) is 14.0. The number of H-pyrrole nitrogens is 1. The van der Waals surface area contributed by atoms with Gasteiger partial charge in [0.1, 0.15) is 12.5 Å². The summed E-state index contributed by atoms with van der Waals surface area (Å²) in [5, 5.41) is 7.17. The van der Waals surface area contributed by atoms with E-state index in [1.165, 1.54) is 12.1 Å². The van der Waals surface area contributed by atoms with E-state index in [2.05, 4.69) is 15.1 Å². The Morgan fingerprint density at radius 2 is 1.78 bits per heavy atom. The molecule has 0 saturated heterocycles. The van der Waals surface area contributed by atoms with Gasteiger partial charge in [0.25, 0.3) is 0 Å². The molecule has 0 amide bonds. The van der Waals surface area contributed by atoms with Crippen molar-refractivity contribution < 1.29 is 4.39 Å². The number of nitrogens with zero attached hydrogens (tertiary/aromatic N) is 4. The standard InChI is InChI=1S/C16H14FN5S/c17-12-5-4-8-14(9-12)20-10-21(13-6-2-1-3-7-13)15-18-19-16(23)22(15)11-20/h1-9H,10-11H2,(H,19,23). The first-order valence-electron chi connectivity index (χ1n) is 7.21. The number of aromatic amines is 1. The summed E-state index contributed by atoms with van der Waals surface area (Å²) in [6.07, 6.45) is 0. The molecule has 1 N–H and O–H groups in total. The molecule has 1 aliphatic rings. The minimum absolute atomic E-state index is 0.254. The second-order valence-corrected chi connectivity index (χ2v) is 5.71. The topological polar surface area (TPSA) is 40.1 Å². The second-order valence-electron chi connectivity index (χ2n) is 5.32. The predicted molar refractivity (Wildman–Crippen MR) is 89.7 cm³/mol. The maximum absolute atomic E-state index is 13.6. The molecule has 0 fully saturated rings. The molecule has 0 atom stereocenters. The summed E-state index contributed by atoms with van der Waals surface area (Å²) in [5.74, 6) is 0.504. The van der Waals surface area contributed by atoms with Gasteiger partial charge >= 0.3 is 0 Å². The van der Waals surface area contributed by atoms with Crippen molar-refractivity contribution in [1.82, 2.24) is 14.8 Å². The summed E-state index contributed by atoms with van der Waals surface area (Å²) < 4.78 is 16.0. The summed E-state index contributed by atoms with van der Waals surface area (Å²) in [5.41, 5.74) is 1.81. The largest absolute Gasteiger partial charge is 0.335 e. The average molecular weight is 327 g/mol. The predicted octanol–water partition coefficient (Wildman–Crippen LogP) is 3.65. The molecule has 0 spiro atoms. The van der Waals surface area contributed by atoms with E-state index in [0.29, 0.717) is 18.1 Å². The molecular formula is C16H14FN5S. The van der Waals surface area contributed by atoms with Gasteiger partial charge in [0.05, 0.1) is 6.67 Å². The number of aromatic nitrogens is 3. The molecule has 2 heterocycles. The van der Waals surface area contributed by atoms with Gasteiger partial charge in [-0.15, -0.1) is 5.10 Å². The molecule has 23 heavy (non-hydrogen) atoms. The van der Waals surface area contributed by atoms with Crippen molar-refractivity contribution in [3.05, 3.63) is 65.2 Å². The van der Waals surface area contributed by atoms with Crippen LogP contribution in [0.3, 0.4) is 0 Å². The Kier molecular flexibility index (Phi) is 3.34. The number of nitrogens with one attached hydrogen (secondary N) is 1. The zero-order valence-electron chi connectivity index (χ0n) is 12.2. The van der Waals surface area contributed by atoms with Crippen LogP contribution in [0.15, 0.2) is 54.6 Å². The van der Waals surface area contributed by atoms with Gasteiger partial charge in [-0.05, 0) is 42.5 Å². The van der Waals surface area contributed by atoms with Gasteiger partial charge in [-0.25, -0.2) is 9.49 Å². The Hall–Kier alpha value is -2.67. The number of para-hydroxylation sites is 1. The molecule has 2 aromatic carbocycles. The Morgan fingerprint density at radius 3 is 2.57 bits per heavy atom. The van der Waals surface area contributed by atoms with Gasteiger partial charge in [-0.2, -0.15) is 0 Å². The van der Waals surface area contributed by atoms with Crippen LogP contribution in [0.5, 0.6) is 0 Å². The molecule has 1 aromatic heterocycles. The number of anilines is 3. The summed E-state index contributed by atoms with van der Waals surface area (Å²) in [6, 6.07) is 16.5. The van der Waals surface area contributed by atoms with Crippen molar-refractivity contribution in [3.8, 4) is 0 Å². The fraction of sp³-hybridized carbons (Fsp3) is 0.125. The molecule has 116 valence electrons. The maximum Gasteiger partial charge on any atom is 0.233 e. The Bertz CT molecular complexity index is 889. The first-order chi connectivity index (χ1) is 11.2. The molecule has 3 aromatic rings. The number of benzene rings is 2. The van der Waals surface area contributed by atoms with Gasteiger partial charge < -0.3 is 4.90 Å². The number of hydrogen-bond donors (Lipinski definition) is 1. The lowest BCUT2D eigenvalue weighted by molar-refractivity contribution is 0.577. The lowest BCUT2D eigenvalue weighted by Gasteiger charge is -2.37. The molecule has 0 saturated carbocycles. The van der Waals surface area contributed by atoms with Crippen molar-refractivity contribution in [2.24, 2.45) is 0 Å². The van der Waals surface area contributed by atoms with Crippen LogP contribution in [0, 0.1) is 10.6 Å². The highest BCUT2D eigenvalue weighted by Crippen LogP contribution is 2.30. The Morgan fingerprint density at radius 1 is 1.00 bits per heavy atom. The van der Waals surface area contributed by atoms with Crippen LogP contribution >= 0.6 is 12.2 Å². The minimum Gasteiger partial charge on any atom is -0.335 e. The van der Waals surface area contributed by atoms with Gasteiger partial charge in [-0.1, -0.05) is 24.3 Å². The fourth-order valence-corrected chi connectivity index (χ4v) is 2.92. The number of hydrogen-bond acceptors (Lipinski definition) is 4. The van der Waals surface area contributed by atoms with E-state index < -0.39 is 0 Å². The summed E-state index contributed by atoms with van der Waals surface area (Å²) >= 11 is 5.32. The lowest BCUT2D eigenvalue weighted by Crippen LogP contribution is -2.43. The third-order valence-electron chi connectivity index (χ3n) is 3.85. The maximum atomic E-state index is 13.6. The average Bonchev–Trinajstić information content (AvgIpc) is 2.96. The minimum atomic E-state index is -0.254. The Balaban J connectivity index is 1.79. The van der Waals surface area contributed by atoms with Crippen LogP contribution in [0.25, 0.3) is 0 Å². The van der Waals surface area contributed by atoms with Crippen molar-refractivity contribution >= 4 is 29.5 Å². The van der Waals surface area contributed by atoms with E-state index in [9.17, 15) is 4.39 Å².